The molecule has 0 aliphatic heterocycles. The molecule has 0 unspecified atom stereocenters. The summed E-state index contributed by atoms with van der Waals surface area (Å²) < 4.78 is 0. The van der Waals surface area contributed by atoms with Gasteiger partial charge in [-0.2, -0.15) is 0 Å². The van der Waals surface area contributed by atoms with Gasteiger partial charge in [-0.3, -0.25) is 0 Å². The largest absolute Gasteiger partial charge is 0.249 e. The number of rotatable bonds is 4. The van der Waals surface area contributed by atoms with Gasteiger partial charge in [-0.15, -0.1) is 11.3 Å². The Morgan fingerprint density at radius 3 is 2.60 bits per heavy atom. The molecule has 1 aromatic carbocycles. The van der Waals surface area contributed by atoms with Gasteiger partial charge in [-0.1, -0.05) is 46.3 Å². The molecule has 15 heavy (non-hydrogen) atoms. The third kappa shape index (κ3) is 3.14. The molecule has 0 bridgehead atoms. The highest BCUT2D eigenvalue weighted by Crippen LogP contribution is 2.17. The minimum Gasteiger partial charge on any atom is -0.249 e. The van der Waals surface area contributed by atoms with Crippen molar-refractivity contribution < 1.29 is 0 Å². The zero-order valence-electron chi connectivity index (χ0n) is 8.32. The van der Waals surface area contributed by atoms with Crippen molar-refractivity contribution in [3.05, 3.63) is 52.0 Å². The summed E-state index contributed by atoms with van der Waals surface area (Å²) in [5.74, 6) is 0. The van der Waals surface area contributed by atoms with Crippen LogP contribution in [0.5, 0.6) is 0 Å². The molecule has 0 aliphatic carbocycles. The maximum absolute atomic E-state index is 4.39. The lowest BCUT2D eigenvalue weighted by atomic mass is 10.1. The summed E-state index contributed by atoms with van der Waals surface area (Å²) in [5.41, 5.74) is 1.38. The Bertz CT molecular complexity index is 411. The summed E-state index contributed by atoms with van der Waals surface area (Å²) in [5, 5.41) is 2.14. The molecule has 0 saturated carbocycles. The Balaban J connectivity index is 1.93. The molecule has 2 rings (SSSR count). The number of aryl methyl sites for hydroxylation is 2. The fraction of sp³-hybridized carbons (Fsp3) is 0.250. The van der Waals surface area contributed by atoms with Gasteiger partial charge in [-0.25, -0.2) is 4.98 Å². The first-order valence-electron chi connectivity index (χ1n) is 4.92. The number of hydrogen-bond donors (Lipinski definition) is 0. The molecule has 78 valence electrons. The molecule has 1 aromatic heterocycles. The molecule has 0 saturated heterocycles. The van der Waals surface area contributed by atoms with E-state index in [4.69, 9.17) is 0 Å². The van der Waals surface area contributed by atoms with Gasteiger partial charge >= 0.3 is 0 Å². The maximum Gasteiger partial charge on any atom is 0.0931 e. The second-order valence-corrected chi connectivity index (χ2v) is 5.10. The van der Waals surface area contributed by atoms with Gasteiger partial charge in [0.05, 0.1) is 5.01 Å². The first-order valence-corrected chi connectivity index (χ1v) is 6.86. The van der Waals surface area contributed by atoms with Crippen molar-refractivity contribution in [2.24, 2.45) is 0 Å². The lowest BCUT2D eigenvalue weighted by molar-refractivity contribution is 0.944. The lowest BCUT2D eigenvalue weighted by Crippen LogP contribution is -1.89. The molecule has 0 radical (unpaired) electrons. The van der Waals surface area contributed by atoms with Crippen LogP contribution in [0.1, 0.15) is 15.4 Å². The Hall–Kier alpha value is -0.670. The van der Waals surface area contributed by atoms with Gasteiger partial charge < -0.3 is 0 Å². The van der Waals surface area contributed by atoms with Crippen molar-refractivity contribution in [1.29, 1.82) is 0 Å². The highest BCUT2D eigenvalue weighted by molar-refractivity contribution is 9.08. The first kappa shape index (κ1) is 10.8. The van der Waals surface area contributed by atoms with E-state index in [0.29, 0.717) is 0 Å². The first-order chi connectivity index (χ1) is 7.38. The van der Waals surface area contributed by atoms with Crippen molar-refractivity contribution in [1.82, 2.24) is 4.98 Å². The van der Waals surface area contributed by atoms with Crippen LogP contribution in [0.4, 0.5) is 0 Å². The minimum absolute atomic E-state index is 0.913. The molecule has 0 spiro atoms. The van der Waals surface area contributed by atoms with Gasteiger partial charge in [-0.05, 0) is 12.0 Å². The van der Waals surface area contributed by atoms with E-state index in [9.17, 15) is 0 Å². The van der Waals surface area contributed by atoms with Crippen LogP contribution in [0, 0.1) is 0 Å². The number of halogens is 1. The molecule has 0 aliphatic rings. The van der Waals surface area contributed by atoms with Crippen LogP contribution in [0.2, 0.25) is 0 Å². The van der Waals surface area contributed by atoms with Gasteiger partial charge in [0, 0.05) is 22.8 Å². The Kier molecular flexibility index (Phi) is 3.92. The molecular weight excluding hydrogens is 270 g/mol. The Morgan fingerprint density at radius 1 is 1.13 bits per heavy atom. The number of alkyl halides is 1. The fourth-order valence-corrected chi connectivity index (χ4v) is 2.68. The van der Waals surface area contributed by atoms with E-state index < -0.39 is 0 Å². The molecule has 0 atom stereocenters. The summed E-state index contributed by atoms with van der Waals surface area (Å²) in [6.07, 6.45) is 4.08. The number of benzene rings is 1. The van der Waals surface area contributed by atoms with Crippen molar-refractivity contribution in [3.63, 3.8) is 0 Å². The van der Waals surface area contributed by atoms with Gasteiger partial charge in [0.1, 0.15) is 0 Å². The van der Waals surface area contributed by atoms with Crippen molar-refractivity contribution in [2.45, 2.75) is 18.2 Å². The topological polar surface area (TPSA) is 12.9 Å². The average molecular weight is 282 g/mol. The van der Waals surface area contributed by atoms with E-state index in [2.05, 4.69) is 51.2 Å². The van der Waals surface area contributed by atoms with E-state index in [1.807, 2.05) is 6.20 Å². The molecule has 1 heterocycles. The monoisotopic (exact) mass is 281 g/mol. The maximum atomic E-state index is 4.39. The quantitative estimate of drug-likeness (QED) is 0.777. The molecule has 0 amide bonds. The minimum atomic E-state index is 0.913. The van der Waals surface area contributed by atoms with E-state index in [-0.39, 0.29) is 0 Å². The highest BCUT2D eigenvalue weighted by Gasteiger charge is 2.01. The Labute approximate surface area is 102 Å². The standard InChI is InChI=1S/C12H12BrNS/c13-8-11-9-14-12(15-11)7-6-10-4-2-1-3-5-10/h1-5,9H,6-8H2. The van der Waals surface area contributed by atoms with Gasteiger partial charge in [0.15, 0.2) is 0 Å². The SMILES string of the molecule is BrCc1cnc(CCc2ccccc2)s1. The number of thiazole rings is 1. The molecule has 0 N–H and O–H groups in total. The highest BCUT2D eigenvalue weighted by atomic mass is 79.9. The normalized spacial score (nSPS) is 10.5. The molecule has 1 nitrogen and oxygen atoms in total. The predicted octanol–water partition coefficient (Wildman–Crippen LogP) is 3.82. The Morgan fingerprint density at radius 2 is 1.93 bits per heavy atom. The average Bonchev–Trinajstić information content (AvgIpc) is 2.76. The van der Waals surface area contributed by atoms with Crippen LogP contribution in [-0.2, 0) is 18.2 Å². The van der Waals surface area contributed by atoms with E-state index in [1.54, 1.807) is 11.3 Å². The van der Waals surface area contributed by atoms with E-state index in [0.717, 1.165) is 18.2 Å². The zero-order valence-corrected chi connectivity index (χ0v) is 10.7. The van der Waals surface area contributed by atoms with Crippen molar-refractivity contribution in [3.8, 4) is 0 Å². The van der Waals surface area contributed by atoms with Crippen molar-refractivity contribution in [2.75, 3.05) is 0 Å². The molecule has 0 fully saturated rings. The number of hydrogen-bond acceptors (Lipinski definition) is 2. The summed E-state index contributed by atoms with van der Waals surface area (Å²) in [6.45, 7) is 0. The summed E-state index contributed by atoms with van der Waals surface area (Å²) in [7, 11) is 0. The van der Waals surface area contributed by atoms with Crippen LogP contribution in [-0.4, -0.2) is 4.98 Å². The van der Waals surface area contributed by atoms with Crippen LogP contribution in [0.3, 0.4) is 0 Å². The third-order valence-corrected chi connectivity index (χ3v) is 4.24. The van der Waals surface area contributed by atoms with Crippen molar-refractivity contribution >= 4 is 27.3 Å². The lowest BCUT2D eigenvalue weighted by Gasteiger charge is -1.97. The summed E-state index contributed by atoms with van der Waals surface area (Å²) in [4.78, 5) is 5.69. The number of nitrogens with zero attached hydrogens (tertiary/aromatic N) is 1. The van der Waals surface area contributed by atoms with E-state index >= 15 is 0 Å². The summed E-state index contributed by atoms with van der Waals surface area (Å²) >= 11 is 5.23. The van der Waals surface area contributed by atoms with Crippen LogP contribution in [0.25, 0.3) is 0 Å². The second kappa shape index (κ2) is 5.42. The van der Waals surface area contributed by atoms with E-state index in [1.165, 1.54) is 15.4 Å². The molecular formula is C12H12BrNS. The number of aromatic nitrogens is 1. The van der Waals surface area contributed by atoms with Crippen LogP contribution >= 0.6 is 27.3 Å². The molecule has 2 aromatic rings. The van der Waals surface area contributed by atoms with Crippen LogP contribution in [0.15, 0.2) is 36.5 Å². The third-order valence-electron chi connectivity index (χ3n) is 2.20. The zero-order chi connectivity index (χ0) is 10.5. The smallest absolute Gasteiger partial charge is 0.0931 e. The van der Waals surface area contributed by atoms with Gasteiger partial charge in [0.25, 0.3) is 0 Å². The van der Waals surface area contributed by atoms with Gasteiger partial charge in [0.2, 0.25) is 0 Å². The van der Waals surface area contributed by atoms with Crippen LogP contribution < -0.4 is 0 Å². The second-order valence-electron chi connectivity index (χ2n) is 3.34. The summed E-state index contributed by atoms with van der Waals surface area (Å²) in [6, 6.07) is 10.6. The fourth-order valence-electron chi connectivity index (χ4n) is 1.42. The predicted molar refractivity (Wildman–Crippen MR) is 68.6 cm³/mol. The molecule has 3 heteroatoms.